The van der Waals surface area contributed by atoms with Gasteiger partial charge in [0, 0.05) is 29.0 Å². The number of hydrogen-bond acceptors (Lipinski definition) is 5. The summed E-state index contributed by atoms with van der Waals surface area (Å²) in [5, 5.41) is 7.15. The molecule has 27 heavy (non-hydrogen) atoms. The van der Waals surface area contributed by atoms with Crippen molar-refractivity contribution in [1.29, 1.82) is 0 Å². The molecular weight excluding hydrogens is 358 g/mol. The highest BCUT2D eigenvalue weighted by Crippen LogP contribution is 2.24. The van der Waals surface area contributed by atoms with Crippen molar-refractivity contribution in [3.8, 4) is 16.3 Å². The van der Waals surface area contributed by atoms with E-state index in [1.165, 1.54) is 0 Å². The lowest BCUT2D eigenvalue weighted by atomic mass is 10.1. The number of rotatable bonds is 5. The lowest BCUT2D eigenvalue weighted by molar-refractivity contribution is 0.0473. The highest BCUT2D eigenvalue weighted by molar-refractivity contribution is 7.13. The van der Waals surface area contributed by atoms with Crippen LogP contribution >= 0.6 is 11.3 Å². The maximum atomic E-state index is 12.3. The normalized spacial score (nSPS) is 10.7. The summed E-state index contributed by atoms with van der Waals surface area (Å²) in [5.74, 6) is -0.340. The van der Waals surface area contributed by atoms with Crippen molar-refractivity contribution in [2.45, 2.75) is 13.5 Å². The number of aromatic nitrogens is 3. The monoisotopic (exact) mass is 375 g/mol. The second-order valence-corrected chi connectivity index (χ2v) is 6.92. The van der Waals surface area contributed by atoms with Crippen molar-refractivity contribution < 1.29 is 9.53 Å². The predicted octanol–water partition coefficient (Wildman–Crippen LogP) is 4.66. The molecule has 0 aliphatic carbocycles. The zero-order valence-corrected chi connectivity index (χ0v) is 15.5. The predicted molar refractivity (Wildman–Crippen MR) is 105 cm³/mol. The molecule has 6 heteroatoms. The van der Waals surface area contributed by atoms with Crippen LogP contribution in [0.3, 0.4) is 0 Å². The lowest BCUT2D eigenvalue weighted by Gasteiger charge is -2.07. The van der Waals surface area contributed by atoms with E-state index in [0.717, 1.165) is 27.5 Å². The van der Waals surface area contributed by atoms with Crippen LogP contribution in [0.1, 0.15) is 21.6 Å². The maximum Gasteiger partial charge on any atom is 0.338 e. The van der Waals surface area contributed by atoms with E-state index in [1.807, 2.05) is 61.0 Å². The lowest BCUT2D eigenvalue weighted by Crippen LogP contribution is -2.05. The standard InChI is InChI=1S/C21H17N3O2S/c1-15-14-27-20(23-15)17-5-7-18(8-6-17)21(25)26-13-16-3-9-19(10-4-16)24-12-2-11-22-24/h2-12,14H,13H2,1H3. The maximum absolute atomic E-state index is 12.3. The van der Waals surface area contributed by atoms with Gasteiger partial charge in [0.15, 0.2) is 0 Å². The van der Waals surface area contributed by atoms with Crippen LogP contribution in [-0.4, -0.2) is 20.7 Å². The van der Waals surface area contributed by atoms with Gasteiger partial charge in [0.1, 0.15) is 11.6 Å². The molecule has 2 aromatic heterocycles. The van der Waals surface area contributed by atoms with Crippen LogP contribution in [0.5, 0.6) is 0 Å². The van der Waals surface area contributed by atoms with Crippen molar-refractivity contribution in [3.63, 3.8) is 0 Å². The Morgan fingerprint density at radius 2 is 1.89 bits per heavy atom. The molecule has 0 fully saturated rings. The number of carbonyl (C=O) groups excluding carboxylic acids is 1. The molecule has 0 unspecified atom stereocenters. The number of aryl methyl sites for hydroxylation is 1. The molecule has 0 saturated heterocycles. The van der Waals surface area contributed by atoms with Crippen LogP contribution in [-0.2, 0) is 11.3 Å². The molecule has 0 N–H and O–H groups in total. The molecular formula is C21H17N3O2S. The molecule has 4 aromatic rings. The Morgan fingerprint density at radius 3 is 2.52 bits per heavy atom. The van der Waals surface area contributed by atoms with Gasteiger partial charge in [-0.2, -0.15) is 5.10 Å². The summed E-state index contributed by atoms with van der Waals surface area (Å²) in [4.78, 5) is 16.7. The van der Waals surface area contributed by atoms with Crippen molar-refractivity contribution in [3.05, 3.63) is 89.2 Å². The summed E-state index contributed by atoms with van der Waals surface area (Å²) in [7, 11) is 0. The molecule has 5 nitrogen and oxygen atoms in total. The molecule has 0 radical (unpaired) electrons. The molecule has 0 atom stereocenters. The summed E-state index contributed by atoms with van der Waals surface area (Å²) in [5.41, 5.74) is 4.41. The van der Waals surface area contributed by atoms with Gasteiger partial charge in [-0.15, -0.1) is 11.3 Å². The highest BCUT2D eigenvalue weighted by Gasteiger charge is 2.09. The first kappa shape index (κ1) is 17.2. The largest absolute Gasteiger partial charge is 0.457 e. The number of benzene rings is 2. The van der Waals surface area contributed by atoms with E-state index in [9.17, 15) is 4.79 Å². The SMILES string of the molecule is Cc1csc(-c2ccc(C(=O)OCc3ccc(-n4cccn4)cc3)cc2)n1. The van der Waals surface area contributed by atoms with E-state index in [1.54, 1.807) is 34.3 Å². The Balaban J connectivity index is 1.37. The summed E-state index contributed by atoms with van der Waals surface area (Å²) in [6.45, 7) is 2.19. The van der Waals surface area contributed by atoms with Crippen LogP contribution in [0.4, 0.5) is 0 Å². The number of nitrogens with zero attached hydrogens (tertiary/aromatic N) is 3. The summed E-state index contributed by atoms with van der Waals surface area (Å²) in [6, 6.07) is 17.0. The fraction of sp³-hybridized carbons (Fsp3) is 0.0952. The van der Waals surface area contributed by atoms with Gasteiger partial charge in [-0.25, -0.2) is 14.5 Å². The number of ether oxygens (including phenoxy) is 1. The summed E-state index contributed by atoms with van der Waals surface area (Å²) in [6.07, 6.45) is 3.61. The first-order chi connectivity index (χ1) is 13.2. The second-order valence-electron chi connectivity index (χ2n) is 6.06. The highest BCUT2D eigenvalue weighted by atomic mass is 32.1. The fourth-order valence-electron chi connectivity index (χ4n) is 2.63. The average Bonchev–Trinajstić information content (AvgIpc) is 3.39. The van der Waals surface area contributed by atoms with Crippen LogP contribution < -0.4 is 0 Å². The molecule has 0 saturated carbocycles. The van der Waals surface area contributed by atoms with E-state index >= 15 is 0 Å². The van der Waals surface area contributed by atoms with E-state index in [0.29, 0.717) is 5.56 Å². The fourth-order valence-corrected chi connectivity index (χ4v) is 3.44. The van der Waals surface area contributed by atoms with Crippen LogP contribution in [0.2, 0.25) is 0 Å². The minimum atomic E-state index is -0.340. The van der Waals surface area contributed by atoms with E-state index in [4.69, 9.17) is 4.74 Å². The molecule has 0 bridgehead atoms. The van der Waals surface area contributed by atoms with Gasteiger partial charge >= 0.3 is 5.97 Å². The van der Waals surface area contributed by atoms with Gasteiger partial charge in [0.05, 0.1) is 11.3 Å². The molecule has 2 heterocycles. The zero-order valence-electron chi connectivity index (χ0n) is 14.7. The van der Waals surface area contributed by atoms with Crippen LogP contribution in [0.25, 0.3) is 16.3 Å². The van der Waals surface area contributed by atoms with Crippen molar-refractivity contribution in [2.24, 2.45) is 0 Å². The number of hydrogen-bond donors (Lipinski definition) is 0. The van der Waals surface area contributed by atoms with Gasteiger partial charge < -0.3 is 4.74 Å². The van der Waals surface area contributed by atoms with Gasteiger partial charge in [-0.1, -0.05) is 24.3 Å². The molecule has 0 amide bonds. The van der Waals surface area contributed by atoms with Crippen molar-refractivity contribution >= 4 is 17.3 Å². The third kappa shape index (κ3) is 3.96. The van der Waals surface area contributed by atoms with Crippen LogP contribution in [0, 0.1) is 6.92 Å². The topological polar surface area (TPSA) is 57.0 Å². The summed E-state index contributed by atoms with van der Waals surface area (Å²) < 4.78 is 7.20. The molecule has 134 valence electrons. The quantitative estimate of drug-likeness (QED) is 0.476. The van der Waals surface area contributed by atoms with Crippen molar-refractivity contribution in [2.75, 3.05) is 0 Å². The molecule has 2 aromatic carbocycles. The Bertz CT molecular complexity index is 1040. The summed E-state index contributed by atoms with van der Waals surface area (Å²) >= 11 is 1.59. The van der Waals surface area contributed by atoms with Gasteiger partial charge in [0.25, 0.3) is 0 Å². The molecule has 4 rings (SSSR count). The van der Waals surface area contributed by atoms with Gasteiger partial charge in [-0.05, 0) is 42.8 Å². The van der Waals surface area contributed by atoms with Gasteiger partial charge in [-0.3, -0.25) is 0 Å². The minimum Gasteiger partial charge on any atom is -0.457 e. The minimum absolute atomic E-state index is 0.228. The van der Waals surface area contributed by atoms with Crippen molar-refractivity contribution in [1.82, 2.24) is 14.8 Å². The zero-order chi connectivity index (χ0) is 18.6. The number of carbonyl (C=O) groups is 1. The third-order valence-electron chi connectivity index (χ3n) is 4.06. The van der Waals surface area contributed by atoms with Gasteiger partial charge in [0.2, 0.25) is 0 Å². The van der Waals surface area contributed by atoms with E-state index in [-0.39, 0.29) is 12.6 Å². The molecule has 0 aliphatic heterocycles. The first-order valence-corrected chi connectivity index (χ1v) is 9.36. The molecule has 0 spiro atoms. The third-order valence-corrected chi connectivity index (χ3v) is 5.07. The number of esters is 1. The Hall–Kier alpha value is -3.25. The second kappa shape index (κ2) is 7.55. The van der Waals surface area contributed by atoms with E-state index in [2.05, 4.69) is 10.1 Å². The average molecular weight is 375 g/mol. The smallest absolute Gasteiger partial charge is 0.338 e. The Morgan fingerprint density at radius 1 is 1.11 bits per heavy atom. The Kier molecular flexibility index (Phi) is 4.80. The Labute approximate surface area is 160 Å². The number of thiazole rings is 1. The van der Waals surface area contributed by atoms with Crippen LogP contribution in [0.15, 0.2) is 72.4 Å². The van der Waals surface area contributed by atoms with E-state index < -0.39 is 0 Å². The molecule has 0 aliphatic rings. The first-order valence-electron chi connectivity index (χ1n) is 8.48.